The Morgan fingerprint density at radius 2 is 1.88 bits per heavy atom. The minimum absolute atomic E-state index is 0.121. The number of pyridine rings is 1. The summed E-state index contributed by atoms with van der Waals surface area (Å²) < 4.78 is 28.2. The average Bonchev–Trinajstić information content (AvgIpc) is 2.51. The van der Waals surface area contributed by atoms with Crippen molar-refractivity contribution in [2.75, 3.05) is 18.2 Å². The number of anilines is 1. The van der Waals surface area contributed by atoms with Crippen LogP contribution in [0.25, 0.3) is 0 Å². The van der Waals surface area contributed by atoms with Gasteiger partial charge in [-0.3, -0.25) is 4.79 Å². The molecule has 0 saturated heterocycles. The van der Waals surface area contributed by atoms with Crippen LogP contribution >= 0.6 is 0 Å². The first-order valence-corrected chi connectivity index (χ1v) is 9.40. The quantitative estimate of drug-likeness (QED) is 0.777. The van der Waals surface area contributed by atoms with Crippen molar-refractivity contribution in [2.45, 2.75) is 24.7 Å². The molecule has 1 aromatic carbocycles. The Bertz CT molecular complexity index is 802. The van der Waals surface area contributed by atoms with Gasteiger partial charge in [0.2, 0.25) is 5.91 Å². The van der Waals surface area contributed by atoms with Crippen molar-refractivity contribution in [3.8, 4) is 5.75 Å². The molecule has 0 atom stereocenters. The summed E-state index contributed by atoms with van der Waals surface area (Å²) in [5.74, 6) is 0.990. The molecular weight excluding hydrogens is 328 g/mol. The highest BCUT2D eigenvalue weighted by atomic mass is 32.2. The second-order valence-electron chi connectivity index (χ2n) is 5.41. The lowest BCUT2D eigenvalue weighted by Crippen LogP contribution is -2.14. The summed E-state index contributed by atoms with van der Waals surface area (Å²) in [7, 11) is -3.20. The van der Waals surface area contributed by atoms with Crippen molar-refractivity contribution in [3.05, 3.63) is 48.2 Å². The first-order valence-electron chi connectivity index (χ1n) is 7.51. The van der Waals surface area contributed by atoms with Crippen molar-refractivity contribution >= 4 is 21.6 Å². The fraction of sp³-hybridized carbons (Fsp3) is 0.294. The summed E-state index contributed by atoms with van der Waals surface area (Å²) >= 11 is 0. The third-order valence-electron chi connectivity index (χ3n) is 3.22. The zero-order valence-corrected chi connectivity index (χ0v) is 14.5. The molecule has 7 heteroatoms. The number of aryl methyl sites for hydroxylation is 1. The van der Waals surface area contributed by atoms with E-state index in [1.54, 1.807) is 18.2 Å². The highest BCUT2D eigenvalue weighted by Gasteiger charge is 2.07. The normalized spacial score (nSPS) is 11.1. The van der Waals surface area contributed by atoms with E-state index in [2.05, 4.69) is 10.3 Å². The summed E-state index contributed by atoms with van der Waals surface area (Å²) in [4.78, 5) is 16.3. The van der Waals surface area contributed by atoms with Crippen LogP contribution in [0.1, 0.15) is 18.5 Å². The Hall–Kier alpha value is -2.41. The highest BCUT2D eigenvalue weighted by Crippen LogP contribution is 2.16. The van der Waals surface area contributed by atoms with Gasteiger partial charge in [-0.1, -0.05) is 6.07 Å². The van der Waals surface area contributed by atoms with Crippen molar-refractivity contribution < 1.29 is 17.9 Å². The highest BCUT2D eigenvalue weighted by molar-refractivity contribution is 7.90. The van der Waals surface area contributed by atoms with Crippen LogP contribution in [0.15, 0.2) is 47.4 Å². The molecule has 2 aromatic rings. The smallest absolute Gasteiger partial charge is 0.225 e. The number of aromatic nitrogens is 1. The van der Waals surface area contributed by atoms with Crippen molar-refractivity contribution in [1.29, 1.82) is 0 Å². The van der Waals surface area contributed by atoms with E-state index in [-0.39, 0.29) is 10.8 Å². The number of carbonyl (C=O) groups is 1. The number of nitrogens with one attached hydrogen (secondary N) is 1. The van der Waals surface area contributed by atoms with Crippen LogP contribution in [0.2, 0.25) is 0 Å². The molecule has 1 aromatic heterocycles. The summed E-state index contributed by atoms with van der Waals surface area (Å²) in [6.45, 7) is 2.23. The maximum absolute atomic E-state index is 11.8. The zero-order valence-electron chi connectivity index (χ0n) is 13.7. The number of sulfone groups is 1. The Labute approximate surface area is 141 Å². The van der Waals surface area contributed by atoms with Crippen LogP contribution < -0.4 is 10.1 Å². The lowest BCUT2D eigenvalue weighted by Gasteiger charge is -2.07. The van der Waals surface area contributed by atoms with Crippen LogP contribution in [0.3, 0.4) is 0 Å². The second-order valence-corrected chi connectivity index (χ2v) is 7.42. The van der Waals surface area contributed by atoms with E-state index < -0.39 is 9.84 Å². The van der Waals surface area contributed by atoms with Crippen molar-refractivity contribution in [3.63, 3.8) is 0 Å². The van der Waals surface area contributed by atoms with Gasteiger partial charge in [-0.15, -0.1) is 0 Å². The van der Waals surface area contributed by atoms with Gasteiger partial charge in [0.1, 0.15) is 11.6 Å². The standard InChI is InChI=1S/C17H20N2O4S/c1-13-5-3-6-16(18-13)19-17(20)7-4-12-23-14-8-10-15(11-9-14)24(2,21)22/h3,5-6,8-11H,4,7,12H2,1-2H3,(H,18,19,20). The fourth-order valence-electron chi connectivity index (χ4n) is 2.02. The number of rotatable bonds is 7. The largest absolute Gasteiger partial charge is 0.494 e. The number of carbonyl (C=O) groups excluding carboxylic acids is 1. The lowest BCUT2D eigenvalue weighted by atomic mass is 10.3. The maximum atomic E-state index is 11.8. The van der Waals surface area contributed by atoms with E-state index >= 15 is 0 Å². The molecule has 0 fully saturated rings. The molecule has 0 radical (unpaired) electrons. The monoisotopic (exact) mass is 348 g/mol. The molecule has 0 spiro atoms. The molecular formula is C17H20N2O4S. The van der Waals surface area contributed by atoms with Crippen molar-refractivity contribution in [1.82, 2.24) is 4.98 Å². The van der Waals surface area contributed by atoms with Gasteiger partial charge in [0.15, 0.2) is 9.84 Å². The molecule has 1 N–H and O–H groups in total. The number of hydrogen-bond donors (Lipinski definition) is 1. The van der Waals surface area contributed by atoms with E-state index in [1.807, 2.05) is 19.1 Å². The summed E-state index contributed by atoms with van der Waals surface area (Å²) in [5.41, 5.74) is 0.841. The Kier molecular flexibility index (Phi) is 5.92. The molecule has 6 nitrogen and oxygen atoms in total. The van der Waals surface area contributed by atoms with Gasteiger partial charge >= 0.3 is 0 Å². The van der Waals surface area contributed by atoms with Gasteiger partial charge in [0, 0.05) is 18.4 Å². The first kappa shape index (κ1) is 17.9. The molecule has 128 valence electrons. The third-order valence-corrected chi connectivity index (χ3v) is 4.35. The van der Waals surface area contributed by atoms with Crippen LogP contribution in [-0.4, -0.2) is 32.2 Å². The molecule has 1 amide bonds. The van der Waals surface area contributed by atoms with E-state index in [0.29, 0.717) is 31.0 Å². The van der Waals surface area contributed by atoms with Gasteiger partial charge in [0.05, 0.1) is 11.5 Å². The molecule has 0 aliphatic heterocycles. The fourth-order valence-corrected chi connectivity index (χ4v) is 2.65. The van der Waals surface area contributed by atoms with Gasteiger partial charge in [-0.05, 0) is 49.7 Å². The molecule has 0 aliphatic carbocycles. The SMILES string of the molecule is Cc1cccc(NC(=O)CCCOc2ccc(S(C)(=O)=O)cc2)n1. The predicted octanol–water partition coefficient (Wildman–Crippen LogP) is 2.59. The van der Waals surface area contributed by atoms with E-state index in [1.165, 1.54) is 12.1 Å². The van der Waals surface area contributed by atoms with Crippen LogP contribution in [0.4, 0.5) is 5.82 Å². The number of amides is 1. The molecule has 1 heterocycles. The van der Waals surface area contributed by atoms with Crippen molar-refractivity contribution in [2.24, 2.45) is 0 Å². The summed E-state index contributed by atoms with van der Waals surface area (Å²) in [6.07, 6.45) is 2.02. The van der Waals surface area contributed by atoms with E-state index in [4.69, 9.17) is 4.74 Å². The first-order chi connectivity index (χ1) is 11.3. The summed E-state index contributed by atoms with van der Waals surface area (Å²) in [6, 6.07) is 11.6. The third kappa shape index (κ3) is 5.66. The van der Waals surface area contributed by atoms with Crippen LogP contribution in [-0.2, 0) is 14.6 Å². The topological polar surface area (TPSA) is 85.4 Å². The average molecular weight is 348 g/mol. The molecule has 2 rings (SSSR count). The zero-order chi connectivity index (χ0) is 17.6. The molecule has 0 saturated carbocycles. The van der Waals surface area contributed by atoms with Gasteiger partial charge in [-0.2, -0.15) is 0 Å². The van der Waals surface area contributed by atoms with Crippen LogP contribution in [0.5, 0.6) is 5.75 Å². The number of nitrogens with zero attached hydrogens (tertiary/aromatic N) is 1. The minimum atomic E-state index is -3.20. The Balaban J connectivity index is 1.73. The van der Waals surface area contributed by atoms with E-state index in [9.17, 15) is 13.2 Å². The number of hydrogen-bond acceptors (Lipinski definition) is 5. The Morgan fingerprint density at radius 3 is 2.50 bits per heavy atom. The van der Waals surface area contributed by atoms with E-state index in [0.717, 1.165) is 11.9 Å². The number of benzene rings is 1. The number of ether oxygens (including phenoxy) is 1. The summed E-state index contributed by atoms with van der Waals surface area (Å²) in [5, 5.41) is 2.73. The van der Waals surface area contributed by atoms with Crippen LogP contribution in [0, 0.1) is 6.92 Å². The van der Waals surface area contributed by atoms with Gasteiger partial charge in [-0.25, -0.2) is 13.4 Å². The molecule has 0 aliphatic rings. The predicted molar refractivity (Wildman–Crippen MR) is 91.9 cm³/mol. The lowest BCUT2D eigenvalue weighted by molar-refractivity contribution is -0.116. The molecule has 0 bridgehead atoms. The molecule has 0 unspecified atom stereocenters. The minimum Gasteiger partial charge on any atom is -0.494 e. The van der Waals surface area contributed by atoms with Gasteiger partial charge in [0.25, 0.3) is 0 Å². The molecule has 24 heavy (non-hydrogen) atoms. The van der Waals surface area contributed by atoms with Gasteiger partial charge < -0.3 is 10.1 Å². The Morgan fingerprint density at radius 1 is 1.17 bits per heavy atom. The maximum Gasteiger partial charge on any atom is 0.225 e. The second kappa shape index (κ2) is 7.92.